The molecule has 142 valence electrons. The second-order valence-corrected chi connectivity index (χ2v) is 6.88. The lowest BCUT2D eigenvalue weighted by Crippen LogP contribution is -2.05. The average Bonchev–Trinajstić information content (AvgIpc) is 2.69. The highest BCUT2D eigenvalue weighted by Gasteiger charge is 2.14. The van der Waals surface area contributed by atoms with E-state index in [1.807, 2.05) is 30.3 Å². The summed E-state index contributed by atoms with van der Waals surface area (Å²) in [4.78, 5) is 0. The molecule has 0 saturated heterocycles. The van der Waals surface area contributed by atoms with Crippen LogP contribution in [0.5, 0.6) is 5.75 Å². The number of unbranched alkanes of at least 4 members (excludes halogenated alkanes) is 2. The fraction of sp³-hybridized carbons (Fsp3) is 0.333. The zero-order chi connectivity index (χ0) is 19.2. The van der Waals surface area contributed by atoms with Gasteiger partial charge in [0, 0.05) is 5.39 Å². The van der Waals surface area contributed by atoms with Crippen LogP contribution >= 0.6 is 0 Å². The lowest BCUT2D eigenvalue weighted by atomic mass is 9.96. The monoisotopic (exact) mass is 368 g/mol. The molecule has 0 amide bonds. The first kappa shape index (κ1) is 19.3. The molecule has 0 bridgehead atoms. The van der Waals surface area contributed by atoms with E-state index in [9.17, 15) is 8.78 Å². The molecule has 0 N–H and O–H groups in total. The van der Waals surface area contributed by atoms with Gasteiger partial charge in [0.2, 0.25) is 0 Å². The minimum absolute atomic E-state index is 0.325. The van der Waals surface area contributed by atoms with E-state index in [4.69, 9.17) is 4.74 Å². The predicted octanol–water partition coefficient (Wildman–Crippen LogP) is 7.40. The second kappa shape index (κ2) is 8.98. The Hall–Kier alpha value is -2.42. The SMILES string of the molecule is CCCCCc1ccc2cc(-c3ccc(CC)cc3)ccc2c1OC(F)F. The molecule has 0 aliphatic rings. The summed E-state index contributed by atoms with van der Waals surface area (Å²) in [5.74, 6) is 0.325. The number of rotatable bonds is 8. The van der Waals surface area contributed by atoms with Crippen LogP contribution in [0.1, 0.15) is 44.2 Å². The van der Waals surface area contributed by atoms with Gasteiger partial charge in [-0.05, 0) is 53.0 Å². The lowest BCUT2D eigenvalue weighted by Gasteiger charge is -2.15. The summed E-state index contributed by atoms with van der Waals surface area (Å²) in [6, 6.07) is 18.3. The van der Waals surface area contributed by atoms with Crippen LogP contribution in [0, 0.1) is 0 Å². The Morgan fingerprint density at radius 1 is 0.852 bits per heavy atom. The van der Waals surface area contributed by atoms with Crippen LogP contribution in [0.25, 0.3) is 21.9 Å². The molecule has 0 aliphatic heterocycles. The maximum Gasteiger partial charge on any atom is 0.387 e. The Balaban J connectivity index is 1.99. The molecule has 3 aromatic rings. The summed E-state index contributed by atoms with van der Waals surface area (Å²) in [5.41, 5.74) is 4.35. The van der Waals surface area contributed by atoms with Gasteiger partial charge < -0.3 is 4.74 Å². The van der Waals surface area contributed by atoms with Gasteiger partial charge in [0.05, 0.1) is 0 Å². The molecular weight excluding hydrogens is 342 g/mol. The van der Waals surface area contributed by atoms with Crippen molar-refractivity contribution in [1.29, 1.82) is 0 Å². The largest absolute Gasteiger partial charge is 0.434 e. The first-order chi connectivity index (χ1) is 13.1. The van der Waals surface area contributed by atoms with Crippen molar-refractivity contribution in [3.8, 4) is 16.9 Å². The van der Waals surface area contributed by atoms with Gasteiger partial charge in [0.1, 0.15) is 5.75 Å². The van der Waals surface area contributed by atoms with Gasteiger partial charge in [-0.2, -0.15) is 8.78 Å². The molecule has 0 atom stereocenters. The van der Waals surface area contributed by atoms with E-state index in [-0.39, 0.29) is 0 Å². The molecule has 1 nitrogen and oxygen atoms in total. The van der Waals surface area contributed by atoms with Crippen LogP contribution < -0.4 is 4.74 Å². The molecule has 3 rings (SSSR count). The van der Waals surface area contributed by atoms with E-state index in [1.54, 1.807) is 0 Å². The quantitative estimate of drug-likeness (QED) is 0.376. The van der Waals surface area contributed by atoms with Crippen LogP contribution in [0.2, 0.25) is 0 Å². The average molecular weight is 368 g/mol. The Labute approximate surface area is 160 Å². The molecule has 0 fully saturated rings. The lowest BCUT2D eigenvalue weighted by molar-refractivity contribution is -0.0493. The number of hydrogen-bond acceptors (Lipinski definition) is 1. The second-order valence-electron chi connectivity index (χ2n) is 6.88. The Kier molecular flexibility index (Phi) is 6.44. The maximum atomic E-state index is 13.0. The van der Waals surface area contributed by atoms with E-state index >= 15 is 0 Å². The van der Waals surface area contributed by atoms with Crippen molar-refractivity contribution in [3.63, 3.8) is 0 Å². The molecule has 0 spiro atoms. The number of alkyl halides is 2. The smallest absolute Gasteiger partial charge is 0.387 e. The molecule has 0 unspecified atom stereocenters. The van der Waals surface area contributed by atoms with Crippen molar-refractivity contribution in [1.82, 2.24) is 0 Å². The van der Waals surface area contributed by atoms with E-state index in [1.165, 1.54) is 5.56 Å². The number of ether oxygens (including phenoxy) is 1. The fourth-order valence-electron chi connectivity index (χ4n) is 3.45. The zero-order valence-electron chi connectivity index (χ0n) is 16.0. The fourth-order valence-corrected chi connectivity index (χ4v) is 3.45. The third-order valence-corrected chi connectivity index (χ3v) is 5.00. The van der Waals surface area contributed by atoms with Crippen molar-refractivity contribution < 1.29 is 13.5 Å². The Bertz CT molecular complexity index is 885. The molecule has 3 aromatic carbocycles. The normalized spacial score (nSPS) is 11.3. The van der Waals surface area contributed by atoms with E-state index in [0.717, 1.165) is 59.6 Å². The molecule has 0 saturated carbocycles. The Morgan fingerprint density at radius 2 is 1.59 bits per heavy atom. The minimum atomic E-state index is -2.82. The van der Waals surface area contributed by atoms with Gasteiger partial charge in [-0.15, -0.1) is 0 Å². The standard InChI is InChI=1S/C24H26F2O/c1-3-5-6-7-19-12-13-21-16-20(18-10-8-17(4-2)9-11-18)14-15-22(21)23(19)27-24(25)26/h8-16,24H,3-7H2,1-2H3. The number of fused-ring (bicyclic) bond motifs is 1. The molecule has 27 heavy (non-hydrogen) atoms. The summed E-state index contributed by atoms with van der Waals surface area (Å²) < 4.78 is 31.0. The maximum absolute atomic E-state index is 13.0. The molecule has 0 aliphatic carbocycles. The van der Waals surface area contributed by atoms with E-state index in [2.05, 4.69) is 38.1 Å². The first-order valence-electron chi connectivity index (χ1n) is 9.72. The minimum Gasteiger partial charge on any atom is -0.434 e. The first-order valence-corrected chi connectivity index (χ1v) is 9.72. The van der Waals surface area contributed by atoms with Crippen molar-refractivity contribution in [2.75, 3.05) is 0 Å². The van der Waals surface area contributed by atoms with Gasteiger partial charge >= 0.3 is 6.61 Å². The highest BCUT2D eigenvalue weighted by atomic mass is 19.3. The van der Waals surface area contributed by atoms with Crippen molar-refractivity contribution >= 4 is 10.8 Å². The van der Waals surface area contributed by atoms with Gasteiger partial charge in [0.15, 0.2) is 0 Å². The van der Waals surface area contributed by atoms with Crippen LogP contribution in [0.15, 0.2) is 54.6 Å². The van der Waals surface area contributed by atoms with Crippen molar-refractivity contribution in [2.24, 2.45) is 0 Å². The summed E-state index contributed by atoms with van der Waals surface area (Å²) in [6.45, 7) is 1.45. The molecular formula is C24H26F2O. The van der Waals surface area contributed by atoms with Gasteiger partial charge in [0.25, 0.3) is 0 Å². The third-order valence-electron chi connectivity index (χ3n) is 5.00. The van der Waals surface area contributed by atoms with Crippen LogP contribution in [0.4, 0.5) is 8.78 Å². The molecule has 0 radical (unpaired) electrons. The van der Waals surface area contributed by atoms with E-state index < -0.39 is 6.61 Å². The molecule has 0 aromatic heterocycles. The number of hydrogen-bond donors (Lipinski definition) is 0. The Morgan fingerprint density at radius 3 is 2.26 bits per heavy atom. The van der Waals surface area contributed by atoms with Crippen molar-refractivity contribution in [2.45, 2.75) is 52.6 Å². The van der Waals surface area contributed by atoms with Gasteiger partial charge in [-0.3, -0.25) is 0 Å². The predicted molar refractivity (Wildman–Crippen MR) is 109 cm³/mol. The van der Waals surface area contributed by atoms with Crippen LogP contribution in [-0.4, -0.2) is 6.61 Å². The molecule has 3 heteroatoms. The van der Waals surface area contributed by atoms with Crippen LogP contribution in [-0.2, 0) is 12.8 Å². The molecule has 0 heterocycles. The third kappa shape index (κ3) is 4.65. The summed E-state index contributed by atoms with van der Waals surface area (Å²) >= 11 is 0. The topological polar surface area (TPSA) is 9.23 Å². The zero-order valence-corrected chi connectivity index (χ0v) is 16.0. The highest BCUT2D eigenvalue weighted by molar-refractivity contribution is 5.93. The number of halogens is 2. The van der Waals surface area contributed by atoms with Gasteiger partial charge in [-0.25, -0.2) is 0 Å². The summed E-state index contributed by atoms with van der Waals surface area (Å²) in [7, 11) is 0. The summed E-state index contributed by atoms with van der Waals surface area (Å²) in [5, 5.41) is 1.67. The van der Waals surface area contributed by atoms with Crippen LogP contribution in [0.3, 0.4) is 0 Å². The van der Waals surface area contributed by atoms with Crippen molar-refractivity contribution in [3.05, 3.63) is 65.7 Å². The number of benzene rings is 3. The number of aryl methyl sites for hydroxylation is 2. The van der Waals surface area contributed by atoms with Gasteiger partial charge in [-0.1, -0.05) is 75.2 Å². The van der Waals surface area contributed by atoms with E-state index in [0.29, 0.717) is 5.75 Å². The summed E-state index contributed by atoms with van der Waals surface area (Å²) in [6.07, 6.45) is 4.92. The highest BCUT2D eigenvalue weighted by Crippen LogP contribution is 2.35.